The van der Waals surface area contributed by atoms with E-state index < -0.39 is 11.5 Å². The van der Waals surface area contributed by atoms with Gasteiger partial charge in [-0.2, -0.15) is 0 Å². The quantitative estimate of drug-likeness (QED) is 0.498. The molecular weight excluding hydrogens is 462 g/mol. The number of hydrogen-bond donors (Lipinski definition) is 3. The first kappa shape index (κ1) is 25.6. The van der Waals surface area contributed by atoms with Crippen molar-refractivity contribution in [3.8, 4) is 10.4 Å². The third-order valence-electron chi connectivity index (χ3n) is 7.10. The molecule has 2 aromatic heterocycles. The third kappa shape index (κ3) is 5.51. The number of rotatable bonds is 8. The van der Waals surface area contributed by atoms with Crippen molar-refractivity contribution < 1.29 is 14.7 Å². The summed E-state index contributed by atoms with van der Waals surface area (Å²) >= 11 is 1.21. The second-order valence-electron chi connectivity index (χ2n) is 11.1. The van der Waals surface area contributed by atoms with Crippen LogP contribution in [0.15, 0.2) is 12.3 Å². The predicted molar refractivity (Wildman–Crippen MR) is 139 cm³/mol. The van der Waals surface area contributed by atoms with Crippen LogP contribution < -0.4 is 10.6 Å². The van der Waals surface area contributed by atoms with Crippen LogP contribution in [0.2, 0.25) is 0 Å². The summed E-state index contributed by atoms with van der Waals surface area (Å²) in [5.74, 6) is 0.281. The number of hydrogen-bond acceptors (Lipinski definition) is 7. The van der Waals surface area contributed by atoms with Crippen LogP contribution in [-0.2, 0) is 0 Å². The summed E-state index contributed by atoms with van der Waals surface area (Å²) in [6, 6.07) is 2.50. The monoisotopic (exact) mass is 499 g/mol. The van der Waals surface area contributed by atoms with Crippen molar-refractivity contribution in [1.29, 1.82) is 0 Å². The maximum atomic E-state index is 13.7. The maximum absolute atomic E-state index is 13.7. The van der Waals surface area contributed by atoms with E-state index in [0.29, 0.717) is 10.6 Å². The lowest BCUT2D eigenvalue weighted by molar-refractivity contribution is 0.0692. The molecule has 0 saturated carbocycles. The molecule has 4 heterocycles. The summed E-state index contributed by atoms with van der Waals surface area (Å²) in [6.07, 6.45) is 6.84. The number of carbonyl (C=O) groups is 2. The number of aromatic nitrogens is 2. The van der Waals surface area contributed by atoms with Gasteiger partial charge in [0.2, 0.25) is 0 Å². The van der Waals surface area contributed by atoms with Gasteiger partial charge >= 0.3 is 0 Å². The first-order valence-electron chi connectivity index (χ1n) is 12.5. The Morgan fingerprint density at radius 1 is 1.17 bits per heavy atom. The first-order chi connectivity index (χ1) is 16.4. The molecule has 0 radical (unpaired) electrons. The zero-order valence-corrected chi connectivity index (χ0v) is 22.4. The average molecular weight is 500 g/mol. The lowest BCUT2D eigenvalue weighted by Gasteiger charge is -2.25. The zero-order chi connectivity index (χ0) is 25.5. The summed E-state index contributed by atoms with van der Waals surface area (Å²) in [5, 5.41) is 16.4. The first-order valence-corrected chi connectivity index (χ1v) is 13.3. The number of amides is 2. The number of pyridine rings is 1. The second kappa shape index (κ2) is 9.50. The Bertz CT molecular complexity index is 1100. The molecule has 9 heteroatoms. The van der Waals surface area contributed by atoms with Gasteiger partial charge in [-0.1, -0.05) is 6.92 Å². The molecule has 2 saturated heterocycles. The third-order valence-corrected chi connectivity index (χ3v) is 8.19. The maximum Gasteiger partial charge on any atom is 0.280 e. The Kier molecular flexibility index (Phi) is 6.94. The van der Waals surface area contributed by atoms with Crippen LogP contribution in [-0.4, -0.2) is 61.6 Å². The largest absolute Gasteiger partial charge is 0.389 e. The van der Waals surface area contributed by atoms with Gasteiger partial charge in [0.15, 0.2) is 5.01 Å². The molecule has 0 spiro atoms. The van der Waals surface area contributed by atoms with E-state index in [4.69, 9.17) is 0 Å². The molecule has 0 aromatic carbocycles. The molecule has 2 aromatic rings. The molecule has 2 fully saturated rings. The molecule has 0 atom stereocenters. The highest BCUT2D eigenvalue weighted by Crippen LogP contribution is 2.41. The molecule has 0 aliphatic carbocycles. The second-order valence-corrected chi connectivity index (χ2v) is 12.1. The normalized spacial score (nSPS) is 19.8. The molecule has 2 aliphatic heterocycles. The van der Waals surface area contributed by atoms with Gasteiger partial charge in [0.05, 0.1) is 10.5 Å². The Morgan fingerprint density at radius 2 is 1.80 bits per heavy atom. The van der Waals surface area contributed by atoms with Gasteiger partial charge in [-0.15, -0.1) is 11.3 Å². The summed E-state index contributed by atoms with van der Waals surface area (Å²) in [6.45, 7) is 11.7. The van der Waals surface area contributed by atoms with Crippen molar-refractivity contribution in [1.82, 2.24) is 20.2 Å². The van der Waals surface area contributed by atoms with Gasteiger partial charge in [0, 0.05) is 35.9 Å². The van der Waals surface area contributed by atoms with Crippen molar-refractivity contribution >= 4 is 29.0 Å². The van der Waals surface area contributed by atoms with Gasteiger partial charge in [-0.25, -0.2) is 9.97 Å². The lowest BCUT2D eigenvalue weighted by Crippen LogP contribution is -2.38. The molecule has 0 unspecified atom stereocenters. The lowest BCUT2D eigenvalue weighted by atomic mass is 10.0. The van der Waals surface area contributed by atoms with Gasteiger partial charge in [0.1, 0.15) is 11.5 Å². The van der Waals surface area contributed by atoms with E-state index in [0.717, 1.165) is 49.0 Å². The van der Waals surface area contributed by atoms with Crippen LogP contribution in [0.1, 0.15) is 92.6 Å². The van der Waals surface area contributed by atoms with Gasteiger partial charge in [0.25, 0.3) is 11.8 Å². The molecule has 35 heavy (non-hydrogen) atoms. The van der Waals surface area contributed by atoms with Crippen molar-refractivity contribution in [2.24, 2.45) is 0 Å². The number of carbonyl (C=O) groups excluding carboxylic acids is 2. The molecular formula is C26H37N5O3S. The Morgan fingerprint density at radius 3 is 2.34 bits per heavy atom. The number of fused-ring (bicyclic) bond motifs is 2. The van der Waals surface area contributed by atoms with Crippen LogP contribution in [0.5, 0.6) is 0 Å². The summed E-state index contributed by atoms with van der Waals surface area (Å²) < 4.78 is 0. The van der Waals surface area contributed by atoms with Crippen LogP contribution in [0, 0.1) is 6.92 Å². The molecule has 8 nitrogen and oxygen atoms in total. The highest BCUT2D eigenvalue weighted by Gasteiger charge is 2.44. The van der Waals surface area contributed by atoms with Crippen LogP contribution in [0.3, 0.4) is 0 Å². The van der Waals surface area contributed by atoms with Gasteiger partial charge in [-0.3, -0.25) is 9.59 Å². The predicted octanol–water partition coefficient (Wildman–Crippen LogP) is 4.38. The average Bonchev–Trinajstić information content (AvgIpc) is 3.51. The zero-order valence-electron chi connectivity index (χ0n) is 21.6. The van der Waals surface area contributed by atoms with Gasteiger partial charge in [-0.05, 0) is 78.4 Å². The number of thiazole rings is 1. The molecule has 2 amide bonds. The summed E-state index contributed by atoms with van der Waals surface area (Å²) in [5.41, 5.74) is 0.951. The topological polar surface area (TPSA) is 107 Å². The minimum atomic E-state index is -1.04. The fraction of sp³-hybridized carbons (Fsp3) is 0.615. The Hall–Kier alpha value is -2.52. The summed E-state index contributed by atoms with van der Waals surface area (Å²) in [7, 11) is 0. The Balaban J connectivity index is 1.70. The number of nitrogens with zero attached hydrogens (tertiary/aromatic N) is 3. The molecule has 190 valence electrons. The van der Waals surface area contributed by atoms with E-state index in [9.17, 15) is 14.7 Å². The van der Waals surface area contributed by atoms with E-state index in [1.54, 1.807) is 20.0 Å². The number of nitrogens with one attached hydrogen (secondary N) is 2. The van der Waals surface area contributed by atoms with E-state index >= 15 is 0 Å². The van der Waals surface area contributed by atoms with Crippen LogP contribution >= 0.6 is 11.3 Å². The van der Waals surface area contributed by atoms with Crippen LogP contribution in [0.25, 0.3) is 10.4 Å². The van der Waals surface area contributed by atoms with Crippen molar-refractivity contribution in [3.63, 3.8) is 0 Å². The molecule has 3 N–H and O–H groups in total. The minimum absolute atomic E-state index is 0.0899. The van der Waals surface area contributed by atoms with E-state index in [1.165, 1.54) is 11.3 Å². The van der Waals surface area contributed by atoms with E-state index in [1.807, 2.05) is 17.9 Å². The van der Waals surface area contributed by atoms with Gasteiger partial charge < -0.3 is 20.6 Å². The van der Waals surface area contributed by atoms with E-state index in [-0.39, 0.29) is 35.1 Å². The highest BCUT2D eigenvalue weighted by molar-refractivity contribution is 7.17. The smallest absolute Gasteiger partial charge is 0.280 e. The molecule has 2 aliphatic rings. The van der Waals surface area contributed by atoms with Crippen molar-refractivity contribution in [3.05, 3.63) is 28.5 Å². The Labute approximate surface area is 211 Å². The standard InChI is InChI=1S/C26H37N5O3S/c1-7-25(3,4)30-19-12-15(2)18(13-27-19)21-20(24(33)31-16-8-9-17(31)11-10-16)29-23(35-21)22(32)28-14-26(5,6)34/h12-13,16-17,34H,7-11,14H2,1-6H3,(H,27,30)(H,28,32). The fourth-order valence-corrected chi connectivity index (χ4v) is 5.83. The number of aliphatic hydroxyl groups is 1. The fourth-order valence-electron chi connectivity index (χ4n) is 4.78. The summed E-state index contributed by atoms with van der Waals surface area (Å²) in [4.78, 5) is 38.4. The van der Waals surface area contributed by atoms with Crippen molar-refractivity contribution in [2.45, 2.75) is 96.9 Å². The molecule has 4 rings (SSSR count). The number of aryl methyl sites for hydroxylation is 1. The minimum Gasteiger partial charge on any atom is -0.389 e. The van der Waals surface area contributed by atoms with E-state index in [2.05, 4.69) is 41.4 Å². The highest BCUT2D eigenvalue weighted by atomic mass is 32.1. The molecule has 2 bridgehead atoms. The van der Waals surface area contributed by atoms with Crippen LogP contribution in [0.4, 0.5) is 5.82 Å². The van der Waals surface area contributed by atoms with Crippen molar-refractivity contribution in [2.75, 3.05) is 11.9 Å². The SMILES string of the molecule is CCC(C)(C)Nc1cc(C)c(-c2sc(C(=O)NCC(C)(C)O)nc2C(=O)N2C3CCC2CC3)cn1. The number of anilines is 1.